The highest BCUT2D eigenvalue weighted by molar-refractivity contribution is 5.78. The van der Waals surface area contributed by atoms with E-state index in [1.807, 2.05) is 24.6 Å². The van der Waals surface area contributed by atoms with Crippen molar-refractivity contribution in [3.8, 4) is 12.1 Å². The van der Waals surface area contributed by atoms with Crippen LogP contribution in [0.4, 0.5) is 0 Å². The number of ether oxygens (including phenoxy) is 1. The first kappa shape index (κ1) is 9.53. The molecule has 0 saturated carbocycles. The zero-order valence-electron chi connectivity index (χ0n) is 8.69. The SMILES string of the molecule is CCOc1nc2cc(C#N)ccc2n1C. The van der Waals surface area contributed by atoms with Gasteiger partial charge >= 0.3 is 0 Å². The lowest BCUT2D eigenvalue weighted by molar-refractivity contribution is 0.304. The summed E-state index contributed by atoms with van der Waals surface area (Å²) in [7, 11) is 1.90. The summed E-state index contributed by atoms with van der Waals surface area (Å²) in [5.74, 6) is 0. The van der Waals surface area contributed by atoms with E-state index in [9.17, 15) is 0 Å². The predicted molar refractivity (Wildman–Crippen MR) is 56.6 cm³/mol. The first-order valence-electron chi connectivity index (χ1n) is 4.75. The molecule has 1 aromatic carbocycles. The van der Waals surface area contributed by atoms with E-state index < -0.39 is 0 Å². The number of rotatable bonds is 2. The third kappa shape index (κ3) is 1.52. The Balaban J connectivity index is 2.61. The number of imidazole rings is 1. The Hall–Kier alpha value is -2.02. The number of hydrogen-bond donors (Lipinski definition) is 0. The molecule has 0 fully saturated rings. The van der Waals surface area contributed by atoms with Crippen molar-refractivity contribution in [1.82, 2.24) is 9.55 Å². The fourth-order valence-corrected chi connectivity index (χ4v) is 1.51. The van der Waals surface area contributed by atoms with E-state index in [0.717, 1.165) is 11.0 Å². The van der Waals surface area contributed by atoms with Crippen molar-refractivity contribution in [3.05, 3.63) is 23.8 Å². The minimum Gasteiger partial charge on any atom is -0.465 e. The van der Waals surface area contributed by atoms with Gasteiger partial charge in [-0.15, -0.1) is 0 Å². The molecule has 0 aliphatic rings. The number of fused-ring (bicyclic) bond motifs is 1. The van der Waals surface area contributed by atoms with Crippen LogP contribution in [0.25, 0.3) is 11.0 Å². The molecular weight excluding hydrogens is 190 g/mol. The van der Waals surface area contributed by atoms with Gasteiger partial charge in [0, 0.05) is 7.05 Å². The Labute approximate surface area is 87.7 Å². The van der Waals surface area contributed by atoms with Gasteiger partial charge in [-0.1, -0.05) is 0 Å². The maximum absolute atomic E-state index is 8.76. The topological polar surface area (TPSA) is 50.8 Å². The number of benzene rings is 1. The zero-order chi connectivity index (χ0) is 10.8. The molecule has 0 atom stereocenters. The first-order chi connectivity index (χ1) is 7.26. The van der Waals surface area contributed by atoms with Gasteiger partial charge in [-0.2, -0.15) is 10.2 Å². The second kappa shape index (κ2) is 3.62. The quantitative estimate of drug-likeness (QED) is 0.745. The minimum absolute atomic E-state index is 0.586. The van der Waals surface area contributed by atoms with E-state index in [0.29, 0.717) is 18.2 Å². The fourth-order valence-electron chi connectivity index (χ4n) is 1.51. The summed E-state index contributed by atoms with van der Waals surface area (Å²) in [5, 5.41) is 8.76. The highest BCUT2D eigenvalue weighted by Gasteiger charge is 2.08. The van der Waals surface area contributed by atoms with E-state index in [-0.39, 0.29) is 0 Å². The van der Waals surface area contributed by atoms with Crippen LogP contribution < -0.4 is 4.74 Å². The molecule has 0 amide bonds. The summed E-state index contributed by atoms with van der Waals surface area (Å²) < 4.78 is 7.24. The number of aryl methyl sites for hydroxylation is 1. The Bertz CT molecular complexity index is 536. The van der Waals surface area contributed by atoms with Crippen molar-refractivity contribution >= 4 is 11.0 Å². The van der Waals surface area contributed by atoms with Crippen LogP contribution in [0, 0.1) is 11.3 Å². The molecule has 0 aliphatic heterocycles. The normalized spacial score (nSPS) is 10.2. The van der Waals surface area contributed by atoms with Crippen LogP contribution in [0.3, 0.4) is 0 Å². The van der Waals surface area contributed by atoms with Gasteiger partial charge in [0.2, 0.25) is 0 Å². The molecule has 0 spiro atoms. The average Bonchev–Trinajstić information content (AvgIpc) is 2.56. The molecule has 1 heterocycles. The van der Waals surface area contributed by atoms with Crippen LogP contribution in [-0.4, -0.2) is 16.2 Å². The molecule has 0 unspecified atom stereocenters. The second-order valence-corrected chi connectivity index (χ2v) is 3.20. The molecule has 0 radical (unpaired) electrons. The molecule has 76 valence electrons. The summed E-state index contributed by atoms with van der Waals surface area (Å²) >= 11 is 0. The molecule has 15 heavy (non-hydrogen) atoms. The van der Waals surface area contributed by atoms with Gasteiger partial charge in [-0.25, -0.2) is 0 Å². The molecule has 4 heteroatoms. The van der Waals surface area contributed by atoms with Gasteiger partial charge in [0.1, 0.15) is 0 Å². The Morgan fingerprint density at radius 1 is 1.53 bits per heavy atom. The summed E-state index contributed by atoms with van der Waals surface area (Å²) in [4.78, 5) is 4.30. The number of nitrogens with zero attached hydrogens (tertiary/aromatic N) is 3. The van der Waals surface area contributed by atoms with Crippen molar-refractivity contribution in [3.63, 3.8) is 0 Å². The predicted octanol–water partition coefficient (Wildman–Crippen LogP) is 1.84. The third-order valence-electron chi connectivity index (χ3n) is 2.24. The van der Waals surface area contributed by atoms with Crippen LogP contribution in [0.2, 0.25) is 0 Å². The summed E-state index contributed by atoms with van der Waals surface area (Å²) in [6.45, 7) is 2.50. The minimum atomic E-state index is 0.586. The maximum atomic E-state index is 8.76. The van der Waals surface area contributed by atoms with Crippen LogP contribution in [0.15, 0.2) is 18.2 Å². The van der Waals surface area contributed by atoms with Gasteiger partial charge in [0.05, 0.1) is 29.3 Å². The van der Waals surface area contributed by atoms with E-state index in [1.54, 1.807) is 12.1 Å². The number of hydrogen-bond acceptors (Lipinski definition) is 3. The first-order valence-corrected chi connectivity index (χ1v) is 4.75. The standard InChI is InChI=1S/C11H11N3O/c1-3-15-11-13-9-6-8(7-12)4-5-10(9)14(11)2/h4-6H,3H2,1-2H3. The van der Waals surface area contributed by atoms with Crippen LogP contribution in [0.1, 0.15) is 12.5 Å². The molecular formula is C11H11N3O. The molecule has 2 aromatic rings. The van der Waals surface area contributed by atoms with E-state index in [4.69, 9.17) is 10.00 Å². The van der Waals surface area contributed by atoms with Crippen LogP contribution in [-0.2, 0) is 7.05 Å². The zero-order valence-corrected chi connectivity index (χ0v) is 8.69. The maximum Gasteiger partial charge on any atom is 0.297 e. The average molecular weight is 201 g/mol. The van der Waals surface area contributed by atoms with Crippen molar-refractivity contribution in [2.24, 2.45) is 7.05 Å². The summed E-state index contributed by atoms with van der Waals surface area (Å²) in [6.07, 6.45) is 0. The smallest absolute Gasteiger partial charge is 0.297 e. The van der Waals surface area contributed by atoms with Gasteiger partial charge < -0.3 is 4.74 Å². The number of nitriles is 1. The molecule has 2 rings (SSSR count). The second-order valence-electron chi connectivity index (χ2n) is 3.20. The molecule has 0 aliphatic carbocycles. The molecule has 0 saturated heterocycles. The van der Waals surface area contributed by atoms with E-state index in [1.165, 1.54) is 0 Å². The van der Waals surface area contributed by atoms with E-state index in [2.05, 4.69) is 11.1 Å². The Morgan fingerprint density at radius 2 is 2.33 bits per heavy atom. The Morgan fingerprint density at radius 3 is 3.00 bits per heavy atom. The van der Waals surface area contributed by atoms with Gasteiger partial charge in [-0.05, 0) is 25.1 Å². The summed E-state index contributed by atoms with van der Waals surface area (Å²) in [5.41, 5.74) is 2.38. The Kier molecular flexibility index (Phi) is 2.30. The van der Waals surface area contributed by atoms with Gasteiger partial charge in [0.25, 0.3) is 6.01 Å². The van der Waals surface area contributed by atoms with Crippen molar-refractivity contribution in [2.45, 2.75) is 6.92 Å². The fraction of sp³-hybridized carbons (Fsp3) is 0.273. The molecule has 0 bridgehead atoms. The van der Waals surface area contributed by atoms with E-state index >= 15 is 0 Å². The highest BCUT2D eigenvalue weighted by Crippen LogP contribution is 2.20. The van der Waals surface area contributed by atoms with Crippen molar-refractivity contribution in [1.29, 1.82) is 5.26 Å². The van der Waals surface area contributed by atoms with Crippen molar-refractivity contribution in [2.75, 3.05) is 6.61 Å². The third-order valence-corrected chi connectivity index (χ3v) is 2.24. The van der Waals surface area contributed by atoms with Gasteiger partial charge in [0.15, 0.2) is 0 Å². The largest absolute Gasteiger partial charge is 0.465 e. The lowest BCUT2D eigenvalue weighted by atomic mass is 10.2. The van der Waals surface area contributed by atoms with Crippen molar-refractivity contribution < 1.29 is 4.74 Å². The monoisotopic (exact) mass is 201 g/mol. The lowest BCUT2D eigenvalue weighted by Gasteiger charge is -2.01. The lowest BCUT2D eigenvalue weighted by Crippen LogP contribution is -1.98. The number of aromatic nitrogens is 2. The van der Waals surface area contributed by atoms with Crippen LogP contribution >= 0.6 is 0 Å². The summed E-state index contributed by atoms with van der Waals surface area (Å²) in [6, 6.07) is 8.09. The highest BCUT2D eigenvalue weighted by atomic mass is 16.5. The molecule has 4 nitrogen and oxygen atoms in total. The van der Waals surface area contributed by atoms with Crippen LogP contribution in [0.5, 0.6) is 6.01 Å². The molecule has 1 aromatic heterocycles. The molecule has 0 N–H and O–H groups in total. The van der Waals surface area contributed by atoms with Gasteiger partial charge in [-0.3, -0.25) is 4.57 Å².